The van der Waals surface area contributed by atoms with Gasteiger partial charge in [-0.25, -0.2) is 0 Å². The van der Waals surface area contributed by atoms with Crippen molar-refractivity contribution in [1.29, 1.82) is 0 Å². The van der Waals surface area contributed by atoms with Gasteiger partial charge in [-0.3, -0.25) is 19.7 Å². The lowest BCUT2D eigenvalue weighted by atomic mass is 10.1. The summed E-state index contributed by atoms with van der Waals surface area (Å²) in [6.07, 6.45) is 0. The Labute approximate surface area is 241 Å². The van der Waals surface area contributed by atoms with Gasteiger partial charge >= 0.3 is 0 Å². The molecule has 0 radical (unpaired) electrons. The Morgan fingerprint density at radius 1 is 0.950 bits per heavy atom. The van der Waals surface area contributed by atoms with E-state index >= 15 is 0 Å². The van der Waals surface area contributed by atoms with E-state index in [1.807, 2.05) is 53.4 Å². The van der Waals surface area contributed by atoms with Crippen LogP contribution < -0.4 is 10.2 Å². The number of nitrogens with one attached hydrogen (secondary N) is 1. The number of nitrogens with zero attached hydrogens (tertiary/aromatic N) is 5. The maximum atomic E-state index is 12.8. The van der Waals surface area contributed by atoms with E-state index in [9.17, 15) is 19.7 Å². The van der Waals surface area contributed by atoms with Crippen molar-refractivity contribution in [2.24, 2.45) is 0 Å². The molecule has 0 unspecified atom stereocenters. The van der Waals surface area contributed by atoms with Gasteiger partial charge in [-0.1, -0.05) is 27.7 Å². The zero-order valence-electron chi connectivity index (χ0n) is 21.0. The second kappa shape index (κ2) is 12.3. The molecule has 1 aliphatic rings. The Kier molecular flexibility index (Phi) is 8.41. The maximum Gasteiger partial charge on any atom is 0.277 e. The lowest BCUT2D eigenvalue weighted by molar-refractivity contribution is -0.384. The summed E-state index contributed by atoms with van der Waals surface area (Å²) in [4.78, 5) is 39.6. The molecule has 0 saturated carbocycles. The highest BCUT2D eigenvalue weighted by atomic mass is 79.9. The SMILES string of the molecule is O=C(CSc1nnc(-c2ccc([N+](=O)[O-])cc2)o1)Nc1ccc(N2CCN(C(=O)c3ccc(Br)cc3)CC2)cc1. The standard InChI is InChI=1S/C27H23BrN6O5S/c28-20-5-1-19(2-6-20)26(36)33-15-13-32(14-16-33)22-11-7-21(8-12-22)29-24(35)17-40-27-31-30-25(39-27)18-3-9-23(10-4-18)34(37)38/h1-12H,13-17H2,(H,29,35). The summed E-state index contributed by atoms with van der Waals surface area (Å²) < 4.78 is 6.50. The fourth-order valence-electron chi connectivity index (χ4n) is 4.13. The smallest absolute Gasteiger partial charge is 0.277 e. The van der Waals surface area contributed by atoms with E-state index in [4.69, 9.17) is 4.42 Å². The molecule has 0 aliphatic carbocycles. The molecule has 2 amide bonds. The molecule has 204 valence electrons. The topological polar surface area (TPSA) is 135 Å². The molecule has 1 fully saturated rings. The van der Waals surface area contributed by atoms with Crippen molar-refractivity contribution in [1.82, 2.24) is 15.1 Å². The fraction of sp³-hybridized carbons (Fsp3) is 0.185. The quantitative estimate of drug-likeness (QED) is 0.162. The van der Waals surface area contributed by atoms with Crippen LogP contribution in [-0.2, 0) is 4.79 Å². The molecule has 1 N–H and O–H groups in total. The van der Waals surface area contributed by atoms with Crippen LogP contribution in [0.3, 0.4) is 0 Å². The summed E-state index contributed by atoms with van der Waals surface area (Å²) in [5.41, 5.74) is 2.88. The number of anilines is 2. The number of hydrogen-bond acceptors (Lipinski definition) is 9. The molecule has 0 atom stereocenters. The van der Waals surface area contributed by atoms with Gasteiger partial charge in [0, 0.05) is 65.3 Å². The first-order chi connectivity index (χ1) is 19.4. The number of piperazine rings is 1. The molecule has 11 nitrogen and oxygen atoms in total. The van der Waals surface area contributed by atoms with Gasteiger partial charge in [-0.2, -0.15) is 0 Å². The van der Waals surface area contributed by atoms with Gasteiger partial charge < -0.3 is 19.5 Å². The predicted molar refractivity (Wildman–Crippen MR) is 154 cm³/mol. The molecule has 2 heterocycles. The van der Waals surface area contributed by atoms with Crippen LogP contribution in [0.5, 0.6) is 0 Å². The second-order valence-corrected chi connectivity index (χ2v) is 10.7. The molecule has 1 aromatic heterocycles. The summed E-state index contributed by atoms with van der Waals surface area (Å²) in [5.74, 6) is 0.0869. The number of carbonyl (C=O) groups is 2. The van der Waals surface area contributed by atoms with Crippen LogP contribution in [0.4, 0.5) is 17.1 Å². The number of amides is 2. The highest BCUT2D eigenvalue weighted by Crippen LogP contribution is 2.25. The van der Waals surface area contributed by atoms with Crippen molar-refractivity contribution in [3.8, 4) is 11.5 Å². The van der Waals surface area contributed by atoms with Crippen LogP contribution >= 0.6 is 27.7 Å². The van der Waals surface area contributed by atoms with Crippen LogP contribution in [-0.4, -0.2) is 63.8 Å². The van der Waals surface area contributed by atoms with Crippen molar-refractivity contribution in [3.63, 3.8) is 0 Å². The Hall–Kier alpha value is -4.23. The lowest BCUT2D eigenvalue weighted by Crippen LogP contribution is -2.48. The number of hydrogen-bond donors (Lipinski definition) is 1. The average Bonchev–Trinajstić information content (AvgIpc) is 3.46. The van der Waals surface area contributed by atoms with E-state index < -0.39 is 4.92 Å². The van der Waals surface area contributed by atoms with Crippen molar-refractivity contribution in [2.75, 3.05) is 42.1 Å². The van der Waals surface area contributed by atoms with E-state index in [1.54, 1.807) is 0 Å². The van der Waals surface area contributed by atoms with Crippen molar-refractivity contribution in [3.05, 3.63) is 92.9 Å². The van der Waals surface area contributed by atoms with Gasteiger partial charge in [0.05, 0.1) is 10.7 Å². The Morgan fingerprint density at radius 3 is 2.27 bits per heavy atom. The first-order valence-corrected chi connectivity index (χ1v) is 14.0. The molecule has 5 rings (SSSR count). The number of thioether (sulfide) groups is 1. The molecule has 40 heavy (non-hydrogen) atoms. The molecule has 4 aromatic rings. The number of nitro benzene ring substituents is 1. The van der Waals surface area contributed by atoms with Gasteiger partial charge in [-0.05, 0) is 60.7 Å². The van der Waals surface area contributed by atoms with Crippen molar-refractivity contribution >= 4 is 56.6 Å². The van der Waals surface area contributed by atoms with Gasteiger partial charge in [0.1, 0.15) is 0 Å². The minimum atomic E-state index is -0.484. The van der Waals surface area contributed by atoms with E-state index in [1.165, 1.54) is 24.3 Å². The summed E-state index contributed by atoms with van der Waals surface area (Å²) >= 11 is 4.49. The number of aromatic nitrogens is 2. The molecule has 3 aromatic carbocycles. The first-order valence-electron chi connectivity index (χ1n) is 12.3. The molecule has 0 spiro atoms. The number of halogens is 1. The van der Waals surface area contributed by atoms with E-state index in [0.29, 0.717) is 29.9 Å². The van der Waals surface area contributed by atoms with E-state index in [2.05, 4.69) is 36.3 Å². The Balaban J connectivity index is 1.08. The van der Waals surface area contributed by atoms with Crippen molar-refractivity contribution in [2.45, 2.75) is 5.22 Å². The molecular weight excluding hydrogens is 600 g/mol. The summed E-state index contributed by atoms with van der Waals surface area (Å²) in [7, 11) is 0. The first kappa shape index (κ1) is 27.3. The molecule has 1 aliphatic heterocycles. The largest absolute Gasteiger partial charge is 0.411 e. The number of benzene rings is 3. The maximum absolute atomic E-state index is 12.8. The van der Waals surface area contributed by atoms with Crippen LogP contribution in [0.15, 0.2) is 86.9 Å². The minimum Gasteiger partial charge on any atom is -0.411 e. The van der Waals surface area contributed by atoms with Gasteiger partial charge in [0.2, 0.25) is 11.8 Å². The summed E-state index contributed by atoms with van der Waals surface area (Å²) in [6, 6.07) is 20.7. The lowest BCUT2D eigenvalue weighted by Gasteiger charge is -2.36. The number of nitro groups is 1. The minimum absolute atomic E-state index is 0.0331. The average molecular weight is 623 g/mol. The zero-order chi connectivity index (χ0) is 28.1. The third kappa shape index (κ3) is 6.66. The predicted octanol–water partition coefficient (Wildman–Crippen LogP) is 5.10. The highest BCUT2D eigenvalue weighted by Gasteiger charge is 2.22. The number of rotatable bonds is 8. The third-order valence-electron chi connectivity index (χ3n) is 6.23. The van der Waals surface area contributed by atoms with E-state index in [-0.39, 0.29) is 34.4 Å². The van der Waals surface area contributed by atoms with Gasteiger partial charge in [-0.15, -0.1) is 10.2 Å². The Bertz CT molecular complexity index is 1500. The Morgan fingerprint density at radius 2 is 1.62 bits per heavy atom. The summed E-state index contributed by atoms with van der Waals surface area (Å²) in [5, 5.41) is 21.7. The van der Waals surface area contributed by atoms with Gasteiger partial charge in [0.25, 0.3) is 16.8 Å². The monoisotopic (exact) mass is 622 g/mol. The number of non-ortho nitro benzene ring substituents is 1. The molecule has 13 heteroatoms. The molecule has 1 saturated heterocycles. The van der Waals surface area contributed by atoms with Crippen LogP contribution in [0.25, 0.3) is 11.5 Å². The van der Waals surface area contributed by atoms with Crippen molar-refractivity contribution < 1.29 is 18.9 Å². The molecule has 0 bridgehead atoms. The fourth-order valence-corrected chi connectivity index (χ4v) is 4.96. The van der Waals surface area contributed by atoms with Crippen LogP contribution in [0.1, 0.15) is 10.4 Å². The molecular formula is C27H23BrN6O5S. The van der Waals surface area contributed by atoms with E-state index in [0.717, 1.165) is 35.0 Å². The van der Waals surface area contributed by atoms with Crippen LogP contribution in [0, 0.1) is 10.1 Å². The normalized spacial score (nSPS) is 13.2. The third-order valence-corrected chi connectivity index (χ3v) is 7.58. The summed E-state index contributed by atoms with van der Waals surface area (Å²) in [6.45, 7) is 2.70. The zero-order valence-corrected chi connectivity index (χ0v) is 23.4. The number of carbonyl (C=O) groups excluding carboxylic acids is 2. The second-order valence-electron chi connectivity index (χ2n) is 8.85. The van der Waals surface area contributed by atoms with Gasteiger partial charge in [0.15, 0.2) is 0 Å². The van der Waals surface area contributed by atoms with Crippen LogP contribution in [0.2, 0.25) is 0 Å². The highest BCUT2D eigenvalue weighted by molar-refractivity contribution is 9.10.